The minimum atomic E-state index is -4.49. The number of aromatic amines is 1. The lowest BCUT2D eigenvalue weighted by molar-refractivity contribution is -0.115. The van der Waals surface area contributed by atoms with Crippen molar-refractivity contribution in [1.82, 2.24) is 24.9 Å². The second kappa shape index (κ2) is 9.80. The lowest BCUT2D eigenvalue weighted by atomic mass is 10.1. The van der Waals surface area contributed by atoms with Crippen molar-refractivity contribution >= 4 is 32.8 Å². The molecule has 0 amide bonds. The summed E-state index contributed by atoms with van der Waals surface area (Å²) in [6.07, 6.45) is -1.34. The highest BCUT2D eigenvalue weighted by atomic mass is 32.2. The summed E-state index contributed by atoms with van der Waals surface area (Å²) in [4.78, 5) is 19.6. The van der Waals surface area contributed by atoms with Crippen LogP contribution in [0.2, 0.25) is 0 Å². The number of primary sulfonamides is 1. The normalized spacial score (nSPS) is 12.6. The summed E-state index contributed by atoms with van der Waals surface area (Å²) in [6, 6.07) is 8.58. The molecule has 1 atom stereocenters. The zero-order chi connectivity index (χ0) is 25.9. The molecule has 3 aromatic heterocycles. The molecule has 5 N–H and O–H groups in total. The van der Waals surface area contributed by atoms with Crippen LogP contribution in [0.5, 0.6) is 0 Å². The van der Waals surface area contributed by atoms with Crippen molar-refractivity contribution < 1.29 is 21.6 Å². The second-order valence-corrected chi connectivity index (χ2v) is 9.16. The molecule has 14 heteroatoms. The summed E-state index contributed by atoms with van der Waals surface area (Å²) in [7, 11) is -3.84. The number of sulfonamides is 1. The van der Waals surface area contributed by atoms with E-state index < -0.39 is 28.8 Å². The number of pyridine rings is 1. The fourth-order valence-electron chi connectivity index (χ4n) is 3.14. The maximum atomic E-state index is 12.9. The number of imidazole rings is 1. The number of anilines is 2. The summed E-state index contributed by atoms with van der Waals surface area (Å²) < 4.78 is 61.7. The molecular weight excluding hydrogens is 497 g/mol. The van der Waals surface area contributed by atoms with Gasteiger partial charge in [0.1, 0.15) is 17.8 Å². The monoisotopic (exact) mass is 516 g/mol. The summed E-state index contributed by atoms with van der Waals surface area (Å²) in [6.45, 7) is 0.432. The minimum Gasteiger partial charge on any atom is -0.359 e. The Bertz CT molecular complexity index is 1540. The van der Waals surface area contributed by atoms with Crippen LogP contribution in [0.25, 0.3) is 11.0 Å². The molecule has 0 fully saturated rings. The van der Waals surface area contributed by atoms with Crippen LogP contribution in [0.15, 0.2) is 53.7 Å². The number of rotatable bonds is 6. The lowest BCUT2D eigenvalue weighted by Crippen LogP contribution is -2.22. The average Bonchev–Trinajstić information content (AvgIpc) is 3.34. The van der Waals surface area contributed by atoms with Crippen LogP contribution in [-0.4, -0.2) is 46.1 Å². The molecule has 0 aliphatic carbocycles. The van der Waals surface area contributed by atoms with E-state index in [-0.39, 0.29) is 27.7 Å². The zero-order valence-corrected chi connectivity index (χ0v) is 19.4. The predicted molar refractivity (Wildman–Crippen MR) is 126 cm³/mol. The number of nitrogens with two attached hydrogens (primary N) is 1. The number of H-pyrrole nitrogens is 1. The van der Waals surface area contributed by atoms with Crippen molar-refractivity contribution in [3.63, 3.8) is 0 Å². The molecule has 10 nitrogen and oxygen atoms in total. The number of benzene rings is 1. The number of hydrogen-bond donors (Lipinski definition) is 4. The quantitative estimate of drug-likeness (QED) is 0.286. The average molecular weight is 517 g/mol. The standard InChI is InChI=1S/C22H19F3N8O2S/c1-13(14-2-6-16(7-3-14)36(26,34)35)30-21-32-17-8-4-15(5-9-18-27-10-11-28-18)31-19(17)20(33-21)29-12-22(23,24)25/h2-4,6-8,10-11,13H,12H2,1H3,(H,27,28)(H2,26,34,35)(H2,29,30,32,33)/t13-/m1/s1. The molecule has 0 bridgehead atoms. The van der Waals surface area contributed by atoms with Crippen molar-refractivity contribution in [2.75, 3.05) is 17.2 Å². The SMILES string of the molecule is C[C@@H](Nc1nc(NCC(F)(F)F)c2nc(C#Cc3ncc[nH]3)ccc2n1)c1ccc(S(N)(=O)=O)cc1. The minimum absolute atomic E-state index is 0.0453. The van der Waals surface area contributed by atoms with Gasteiger partial charge < -0.3 is 15.6 Å². The van der Waals surface area contributed by atoms with Crippen LogP contribution in [0.3, 0.4) is 0 Å². The molecule has 0 unspecified atom stereocenters. The van der Waals surface area contributed by atoms with Gasteiger partial charge in [-0.2, -0.15) is 18.2 Å². The first kappa shape index (κ1) is 24.9. The molecule has 3 heterocycles. The Kier molecular flexibility index (Phi) is 6.77. The molecule has 186 valence electrons. The summed E-state index contributed by atoms with van der Waals surface area (Å²) in [5.41, 5.74) is 1.37. The molecule has 4 rings (SSSR count). The van der Waals surface area contributed by atoms with Crippen LogP contribution < -0.4 is 15.8 Å². The number of halogens is 3. The highest BCUT2D eigenvalue weighted by molar-refractivity contribution is 7.89. The number of aromatic nitrogens is 5. The number of nitrogens with zero attached hydrogens (tertiary/aromatic N) is 4. The number of nitrogens with one attached hydrogen (secondary N) is 3. The summed E-state index contributed by atoms with van der Waals surface area (Å²) in [5.74, 6) is 5.90. The van der Waals surface area contributed by atoms with E-state index >= 15 is 0 Å². The van der Waals surface area contributed by atoms with Gasteiger partial charge in [0, 0.05) is 12.4 Å². The first-order valence-electron chi connectivity index (χ1n) is 10.4. The Labute approximate surface area is 203 Å². The molecule has 0 saturated carbocycles. The van der Waals surface area contributed by atoms with Gasteiger partial charge in [0.2, 0.25) is 16.0 Å². The molecule has 0 radical (unpaired) electrons. The van der Waals surface area contributed by atoms with E-state index in [2.05, 4.69) is 47.4 Å². The third kappa shape index (κ3) is 6.26. The Morgan fingerprint density at radius 1 is 1.08 bits per heavy atom. The van der Waals surface area contributed by atoms with E-state index in [4.69, 9.17) is 5.14 Å². The van der Waals surface area contributed by atoms with Gasteiger partial charge >= 0.3 is 6.18 Å². The first-order valence-corrected chi connectivity index (χ1v) is 11.9. The Morgan fingerprint density at radius 2 is 1.83 bits per heavy atom. The van der Waals surface area contributed by atoms with Gasteiger partial charge in [-0.25, -0.2) is 28.5 Å². The van der Waals surface area contributed by atoms with Crippen LogP contribution in [0.1, 0.15) is 30.0 Å². The topological polar surface area (TPSA) is 152 Å². The van der Waals surface area contributed by atoms with E-state index in [1.54, 1.807) is 37.4 Å². The van der Waals surface area contributed by atoms with Gasteiger partial charge in [-0.3, -0.25) is 0 Å². The van der Waals surface area contributed by atoms with E-state index in [0.29, 0.717) is 17.1 Å². The van der Waals surface area contributed by atoms with Crippen molar-refractivity contribution in [1.29, 1.82) is 0 Å². The summed E-state index contributed by atoms with van der Waals surface area (Å²) in [5, 5.41) is 10.4. The van der Waals surface area contributed by atoms with E-state index in [9.17, 15) is 21.6 Å². The molecule has 1 aromatic carbocycles. The first-order chi connectivity index (χ1) is 17.0. The van der Waals surface area contributed by atoms with Crippen molar-refractivity contribution in [2.45, 2.75) is 24.0 Å². The Hall–Kier alpha value is -4.22. The maximum Gasteiger partial charge on any atom is 0.405 e. The zero-order valence-electron chi connectivity index (χ0n) is 18.6. The lowest BCUT2D eigenvalue weighted by Gasteiger charge is -2.17. The molecule has 0 saturated heterocycles. The molecule has 36 heavy (non-hydrogen) atoms. The molecule has 0 aliphatic heterocycles. The fraction of sp³-hybridized carbons (Fsp3) is 0.182. The van der Waals surface area contributed by atoms with Crippen LogP contribution in [-0.2, 0) is 10.0 Å². The van der Waals surface area contributed by atoms with Crippen LogP contribution in [0.4, 0.5) is 24.9 Å². The molecule has 0 spiro atoms. The van der Waals surface area contributed by atoms with Gasteiger partial charge in [0.15, 0.2) is 11.6 Å². The van der Waals surface area contributed by atoms with Crippen molar-refractivity contribution in [3.8, 4) is 11.8 Å². The highest BCUT2D eigenvalue weighted by Gasteiger charge is 2.27. The second-order valence-electron chi connectivity index (χ2n) is 7.60. The fourth-order valence-corrected chi connectivity index (χ4v) is 3.65. The Balaban J connectivity index is 1.65. The third-order valence-corrected chi connectivity index (χ3v) is 5.79. The van der Waals surface area contributed by atoms with Crippen LogP contribution in [0, 0.1) is 11.8 Å². The van der Waals surface area contributed by atoms with Gasteiger partial charge in [-0.15, -0.1) is 0 Å². The maximum absolute atomic E-state index is 12.9. The highest BCUT2D eigenvalue weighted by Crippen LogP contribution is 2.25. The third-order valence-electron chi connectivity index (χ3n) is 4.86. The largest absolute Gasteiger partial charge is 0.405 e. The van der Waals surface area contributed by atoms with E-state index in [0.717, 1.165) is 0 Å². The number of hydrogen-bond acceptors (Lipinski definition) is 8. The number of alkyl halides is 3. The van der Waals surface area contributed by atoms with Gasteiger partial charge in [-0.05, 0) is 48.6 Å². The van der Waals surface area contributed by atoms with Crippen LogP contribution >= 0.6 is 0 Å². The number of fused-ring (bicyclic) bond motifs is 1. The predicted octanol–water partition coefficient (Wildman–Crippen LogP) is 2.94. The summed E-state index contributed by atoms with van der Waals surface area (Å²) >= 11 is 0. The molecule has 0 aliphatic rings. The van der Waals surface area contributed by atoms with E-state index in [1.807, 2.05) is 0 Å². The van der Waals surface area contributed by atoms with Gasteiger partial charge in [-0.1, -0.05) is 12.1 Å². The Morgan fingerprint density at radius 3 is 2.47 bits per heavy atom. The van der Waals surface area contributed by atoms with Crippen molar-refractivity contribution in [3.05, 3.63) is 65.9 Å². The molecule has 4 aromatic rings. The molecular formula is C22H19F3N8O2S. The smallest absolute Gasteiger partial charge is 0.359 e. The van der Waals surface area contributed by atoms with Gasteiger partial charge in [0.05, 0.1) is 16.5 Å². The van der Waals surface area contributed by atoms with Crippen molar-refractivity contribution in [2.24, 2.45) is 5.14 Å². The van der Waals surface area contributed by atoms with Gasteiger partial charge in [0.25, 0.3) is 0 Å². The van der Waals surface area contributed by atoms with E-state index in [1.165, 1.54) is 18.3 Å².